The van der Waals surface area contributed by atoms with Gasteiger partial charge in [0.25, 0.3) is 0 Å². The molecule has 0 amide bonds. The van der Waals surface area contributed by atoms with Crippen LogP contribution >= 0.6 is 0 Å². The number of hydrogen-bond donors (Lipinski definition) is 0. The second-order valence-electron chi connectivity index (χ2n) is 17.3. The number of hydrogen-bond acceptors (Lipinski definition) is 4. The number of rotatable bonds is 5. The van der Waals surface area contributed by atoms with Crippen LogP contribution in [0.5, 0.6) is 0 Å². The molecule has 1 radical (unpaired) electrons. The van der Waals surface area contributed by atoms with Crippen LogP contribution in [0.25, 0.3) is 44.6 Å². The van der Waals surface area contributed by atoms with Crippen molar-refractivity contribution in [2.75, 3.05) is 0 Å². The zero-order valence-corrected chi connectivity index (χ0v) is 35.3. The molecule has 6 heteroatoms. The summed E-state index contributed by atoms with van der Waals surface area (Å²) in [6, 6.07) is 28.0. The molecular weight excluding hydrogens is 819 g/mol. The number of benzene rings is 2. The Morgan fingerprint density at radius 2 is 1.57 bits per heavy atom. The van der Waals surface area contributed by atoms with Crippen LogP contribution in [0, 0.1) is 17.5 Å². The summed E-state index contributed by atoms with van der Waals surface area (Å²) in [5, 5.41) is 3.59. The van der Waals surface area contributed by atoms with E-state index in [1.165, 1.54) is 54.0 Å². The number of nitrogens with zero attached hydrogens (tertiary/aromatic N) is 3. The van der Waals surface area contributed by atoms with Gasteiger partial charge in [-0.15, -0.1) is 53.6 Å². The van der Waals surface area contributed by atoms with Gasteiger partial charge in [0, 0.05) is 44.1 Å². The molecule has 0 bridgehead atoms. The van der Waals surface area contributed by atoms with Crippen molar-refractivity contribution in [1.29, 1.82) is 0 Å². The minimum atomic E-state index is -1.41. The van der Waals surface area contributed by atoms with Crippen LogP contribution in [0.3, 0.4) is 0 Å². The van der Waals surface area contributed by atoms with Crippen LogP contribution in [0.15, 0.2) is 83.7 Å². The number of fused-ring (bicyclic) bond motifs is 3. The van der Waals surface area contributed by atoms with Crippen molar-refractivity contribution in [2.45, 2.75) is 111 Å². The molecule has 1 fully saturated rings. The Balaban J connectivity index is 0.000000194. The maximum atomic E-state index is 6.04. The van der Waals surface area contributed by atoms with Crippen molar-refractivity contribution < 1.29 is 24.5 Å². The van der Waals surface area contributed by atoms with E-state index in [0.29, 0.717) is 11.6 Å². The predicted molar refractivity (Wildman–Crippen MR) is 213 cm³/mol. The number of pyridine rings is 3. The van der Waals surface area contributed by atoms with Crippen molar-refractivity contribution >= 4 is 35.3 Å². The average Bonchev–Trinajstić information content (AvgIpc) is 3.46. The first-order valence-corrected chi connectivity index (χ1v) is 21.8. The molecular formula is C45H53IrN3OSi-2. The molecule has 1 saturated carbocycles. The quantitative estimate of drug-likeness (QED) is 0.128. The third-order valence-electron chi connectivity index (χ3n) is 9.80. The van der Waals surface area contributed by atoms with Gasteiger partial charge >= 0.3 is 0 Å². The first kappa shape index (κ1) is 38.8. The van der Waals surface area contributed by atoms with Crippen molar-refractivity contribution in [2.24, 2.45) is 5.41 Å². The van der Waals surface area contributed by atoms with E-state index < -0.39 is 8.07 Å². The molecule has 4 nitrogen and oxygen atoms in total. The SMILES string of the molecule is CC(C)(C)Cc1cc(-c2[c-]cc(C(C)(C)C)cc2)ncc1[Si](C)(C)C.[Ir].[c-]1ccc2c(oc3ncccc32)c1-c1cc(C2CCCCC2)ccn1. The molecule has 4 heterocycles. The molecule has 0 spiro atoms. The summed E-state index contributed by atoms with van der Waals surface area (Å²) in [6.07, 6.45) is 13.5. The van der Waals surface area contributed by atoms with Crippen LogP contribution in [0.2, 0.25) is 19.6 Å². The first-order valence-electron chi connectivity index (χ1n) is 18.3. The van der Waals surface area contributed by atoms with Crippen molar-refractivity contribution in [3.05, 3.63) is 108 Å². The van der Waals surface area contributed by atoms with Crippen LogP contribution in [-0.4, -0.2) is 23.0 Å². The van der Waals surface area contributed by atoms with Gasteiger partial charge in [0.1, 0.15) is 0 Å². The standard InChI is InChI=1S/C23H34NSi.C22H19N2O.Ir/c1-22(2,3)15-18-14-20(24-16-21(18)25(7,8)9)17-10-12-19(13-11-17)23(4,5)6;1-2-6-15(7-3-1)16-11-13-23-20(14-16)19-9-4-8-17-18-10-5-12-24-22(18)25-21(17)19;/h10,12-14,16H,15H2,1-9H3;4-5,8,10-15H,1-3,6-7H2;/q2*-1;. The monoisotopic (exact) mass is 872 g/mol. The van der Waals surface area contributed by atoms with Crippen LogP contribution in [0.1, 0.15) is 96.3 Å². The van der Waals surface area contributed by atoms with Gasteiger partial charge in [0.05, 0.1) is 13.7 Å². The average molecular weight is 872 g/mol. The molecule has 6 aromatic rings. The third kappa shape index (κ3) is 9.33. The van der Waals surface area contributed by atoms with Crippen LogP contribution in [-0.2, 0) is 31.9 Å². The Bertz CT molecular complexity index is 2070. The maximum absolute atomic E-state index is 6.04. The molecule has 51 heavy (non-hydrogen) atoms. The molecule has 4 aromatic heterocycles. The number of aromatic nitrogens is 3. The van der Waals surface area contributed by atoms with Gasteiger partial charge in [-0.3, -0.25) is 0 Å². The fourth-order valence-corrected chi connectivity index (χ4v) is 8.70. The summed E-state index contributed by atoms with van der Waals surface area (Å²) in [4.78, 5) is 13.8. The maximum Gasteiger partial charge on any atom is 0.216 e. The molecule has 7 rings (SSSR count). The Morgan fingerprint density at radius 1 is 0.804 bits per heavy atom. The Labute approximate surface area is 320 Å². The second-order valence-corrected chi connectivity index (χ2v) is 22.4. The largest absolute Gasteiger partial charge is 0.486 e. The van der Waals surface area contributed by atoms with Gasteiger partial charge in [-0.2, -0.15) is 0 Å². The smallest absolute Gasteiger partial charge is 0.216 e. The van der Waals surface area contributed by atoms with E-state index in [0.717, 1.165) is 45.3 Å². The van der Waals surface area contributed by atoms with E-state index in [2.05, 4.69) is 126 Å². The molecule has 0 N–H and O–H groups in total. The summed E-state index contributed by atoms with van der Waals surface area (Å²) in [5.41, 5.74) is 10.1. The molecule has 1 aliphatic carbocycles. The normalized spacial score (nSPS) is 14.2. The Hall–Kier alpha value is -3.44. The van der Waals surface area contributed by atoms with Gasteiger partial charge < -0.3 is 14.4 Å². The van der Waals surface area contributed by atoms with E-state index in [9.17, 15) is 0 Å². The van der Waals surface area contributed by atoms with Gasteiger partial charge in [0.2, 0.25) is 5.71 Å². The van der Waals surface area contributed by atoms with E-state index >= 15 is 0 Å². The van der Waals surface area contributed by atoms with Crippen molar-refractivity contribution in [1.82, 2.24) is 15.0 Å². The summed E-state index contributed by atoms with van der Waals surface area (Å²) in [5.74, 6) is 0.659. The van der Waals surface area contributed by atoms with Crippen molar-refractivity contribution in [3.63, 3.8) is 0 Å². The fraction of sp³-hybridized carbons (Fsp3) is 0.400. The van der Waals surface area contributed by atoms with E-state index in [1.54, 1.807) is 6.20 Å². The Morgan fingerprint density at radius 3 is 2.24 bits per heavy atom. The van der Waals surface area contributed by atoms with Gasteiger partial charge in [-0.25, -0.2) is 4.98 Å². The number of furan rings is 1. The molecule has 1 aliphatic rings. The summed E-state index contributed by atoms with van der Waals surface area (Å²) in [6.45, 7) is 20.8. The molecule has 0 unspecified atom stereocenters. The van der Waals surface area contributed by atoms with E-state index in [4.69, 9.17) is 9.40 Å². The topological polar surface area (TPSA) is 51.8 Å². The molecule has 0 saturated heterocycles. The molecule has 2 aromatic carbocycles. The third-order valence-corrected chi connectivity index (χ3v) is 11.9. The zero-order valence-electron chi connectivity index (χ0n) is 31.9. The predicted octanol–water partition coefficient (Wildman–Crippen LogP) is 11.9. The molecule has 0 aliphatic heterocycles. The van der Waals surface area contributed by atoms with Crippen LogP contribution < -0.4 is 5.19 Å². The summed E-state index contributed by atoms with van der Waals surface area (Å²) >= 11 is 0. The van der Waals surface area contributed by atoms with Crippen LogP contribution in [0.4, 0.5) is 0 Å². The van der Waals surface area contributed by atoms with Gasteiger partial charge in [-0.1, -0.05) is 115 Å². The van der Waals surface area contributed by atoms with E-state index in [1.807, 2.05) is 30.5 Å². The first-order chi connectivity index (χ1) is 23.7. The molecule has 269 valence electrons. The minimum Gasteiger partial charge on any atom is -0.486 e. The van der Waals surface area contributed by atoms with Crippen molar-refractivity contribution in [3.8, 4) is 22.5 Å². The fourth-order valence-electron chi connectivity index (χ4n) is 7.13. The minimum absolute atomic E-state index is 0. The zero-order chi connectivity index (χ0) is 35.7. The van der Waals surface area contributed by atoms with Gasteiger partial charge in [-0.05, 0) is 70.8 Å². The Kier molecular flexibility index (Phi) is 11.9. The van der Waals surface area contributed by atoms with Gasteiger partial charge in [0.15, 0.2) is 0 Å². The summed E-state index contributed by atoms with van der Waals surface area (Å²) in [7, 11) is -1.41. The summed E-state index contributed by atoms with van der Waals surface area (Å²) < 4.78 is 6.04. The van der Waals surface area contributed by atoms with E-state index in [-0.39, 0.29) is 30.9 Å². The second kappa shape index (κ2) is 15.7. The molecule has 0 atom stereocenters.